The minimum atomic E-state index is -0.274. The summed E-state index contributed by atoms with van der Waals surface area (Å²) in [5, 5.41) is 13.2. The molecule has 3 aromatic carbocycles. The topological polar surface area (TPSA) is 69.0 Å². The van der Waals surface area contributed by atoms with E-state index in [4.69, 9.17) is 27.9 Å². The number of carbonyl (C=O) groups excluding carboxylic acids is 1. The third kappa shape index (κ3) is 6.28. The number of nitrogens with one attached hydrogen (secondary N) is 1. The lowest BCUT2D eigenvalue weighted by molar-refractivity contribution is -0.123. The Morgan fingerprint density at radius 2 is 1.70 bits per heavy atom. The fourth-order valence-corrected chi connectivity index (χ4v) is 4.31. The molecule has 0 saturated heterocycles. The number of rotatable bonds is 9. The molecule has 0 atom stereocenters. The van der Waals surface area contributed by atoms with Gasteiger partial charge < -0.3 is 10.1 Å². The van der Waals surface area contributed by atoms with Crippen LogP contribution in [0.4, 0.5) is 0 Å². The molecule has 0 spiro atoms. The van der Waals surface area contributed by atoms with E-state index in [9.17, 15) is 4.79 Å². The minimum Gasteiger partial charge on any atom is -0.484 e. The molecule has 6 nitrogen and oxygen atoms in total. The third-order valence-corrected chi connectivity index (χ3v) is 6.17. The Hall–Kier alpha value is -3.00. The normalized spacial score (nSPS) is 10.7. The Morgan fingerprint density at radius 3 is 2.45 bits per heavy atom. The SMILES string of the molecule is O=C(COc1ccccc1)NCc1nnc(SCc2ccccc2)n1-c1cc(Cl)ccc1Cl. The summed E-state index contributed by atoms with van der Waals surface area (Å²) in [5.41, 5.74) is 1.80. The van der Waals surface area contributed by atoms with Crippen molar-refractivity contribution in [1.29, 1.82) is 0 Å². The van der Waals surface area contributed by atoms with Gasteiger partial charge in [-0.05, 0) is 35.9 Å². The van der Waals surface area contributed by atoms with Crippen LogP contribution >= 0.6 is 35.0 Å². The lowest BCUT2D eigenvalue weighted by Crippen LogP contribution is -2.29. The van der Waals surface area contributed by atoms with Crippen molar-refractivity contribution >= 4 is 40.9 Å². The second-order valence-corrected chi connectivity index (χ2v) is 8.77. The smallest absolute Gasteiger partial charge is 0.258 e. The number of ether oxygens (including phenoxy) is 1. The van der Waals surface area contributed by atoms with E-state index in [1.54, 1.807) is 30.3 Å². The Morgan fingerprint density at radius 1 is 0.970 bits per heavy atom. The summed E-state index contributed by atoms with van der Waals surface area (Å²) in [7, 11) is 0. The van der Waals surface area contributed by atoms with E-state index in [-0.39, 0.29) is 19.1 Å². The van der Waals surface area contributed by atoms with Gasteiger partial charge in [0.25, 0.3) is 5.91 Å². The first-order valence-corrected chi connectivity index (χ1v) is 11.9. The van der Waals surface area contributed by atoms with Crippen molar-refractivity contribution < 1.29 is 9.53 Å². The van der Waals surface area contributed by atoms with Crippen LogP contribution in [0.1, 0.15) is 11.4 Å². The van der Waals surface area contributed by atoms with Crippen molar-refractivity contribution in [2.24, 2.45) is 0 Å². The second-order valence-electron chi connectivity index (χ2n) is 6.98. The van der Waals surface area contributed by atoms with E-state index in [1.807, 2.05) is 53.1 Å². The molecule has 1 amide bonds. The number of nitrogens with zero attached hydrogens (tertiary/aromatic N) is 3. The largest absolute Gasteiger partial charge is 0.484 e. The average molecular weight is 499 g/mol. The van der Waals surface area contributed by atoms with E-state index in [0.29, 0.717) is 38.2 Å². The maximum atomic E-state index is 12.3. The molecule has 0 radical (unpaired) electrons. The Kier molecular flexibility index (Phi) is 7.88. The molecule has 1 N–H and O–H groups in total. The van der Waals surface area contributed by atoms with Gasteiger partial charge in [-0.15, -0.1) is 10.2 Å². The molecule has 0 saturated carbocycles. The van der Waals surface area contributed by atoms with Gasteiger partial charge in [0.2, 0.25) is 0 Å². The predicted octanol–water partition coefficient (Wildman–Crippen LogP) is 5.56. The van der Waals surface area contributed by atoms with Crippen LogP contribution in [0.15, 0.2) is 84.0 Å². The van der Waals surface area contributed by atoms with E-state index in [2.05, 4.69) is 15.5 Å². The number of hydrogen-bond acceptors (Lipinski definition) is 5. The predicted molar refractivity (Wildman–Crippen MR) is 131 cm³/mol. The molecule has 4 rings (SSSR count). The summed E-state index contributed by atoms with van der Waals surface area (Å²) in [6.07, 6.45) is 0. The number of thioether (sulfide) groups is 1. The number of hydrogen-bond donors (Lipinski definition) is 1. The fourth-order valence-electron chi connectivity index (χ4n) is 3.02. The van der Waals surface area contributed by atoms with Gasteiger partial charge in [-0.1, -0.05) is 83.5 Å². The van der Waals surface area contributed by atoms with Gasteiger partial charge in [-0.3, -0.25) is 9.36 Å². The van der Waals surface area contributed by atoms with Gasteiger partial charge >= 0.3 is 0 Å². The quantitative estimate of drug-likeness (QED) is 0.306. The molecule has 1 aromatic heterocycles. The van der Waals surface area contributed by atoms with Gasteiger partial charge in [0.15, 0.2) is 17.6 Å². The molecule has 1 heterocycles. The summed E-state index contributed by atoms with van der Waals surface area (Å²) < 4.78 is 7.32. The number of benzene rings is 3. The molecule has 168 valence electrons. The number of aromatic nitrogens is 3. The molecule has 0 aliphatic carbocycles. The summed E-state index contributed by atoms with van der Waals surface area (Å²) in [6, 6.07) is 24.4. The van der Waals surface area contributed by atoms with Crippen LogP contribution in [0.5, 0.6) is 5.75 Å². The maximum Gasteiger partial charge on any atom is 0.258 e. The lowest BCUT2D eigenvalue weighted by Gasteiger charge is -2.13. The molecular formula is C24H20Cl2N4O2S. The molecule has 0 fully saturated rings. The highest BCUT2D eigenvalue weighted by molar-refractivity contribution is 7.98. The second kappa shape index (κ2) is 11.2. The fraction of sp³-hybridized carbons (Fsp3) is 0.125. The van der Waals surface area contributed by atoms with Crippen LogP contribution in [0.25, 0.3) is 5.69 Å². The van der Waals surface area contributed by atoms with Crippen LogP contribution in [-0.4, -0.2) is 27.3 Å². The molecule has 0 aliphatic heterocycles. The van der Waals surface area contributed by atoms with Crippen LogP contribution in [0, 0.1) is 0 Å². The van der Waals surface area contributed by atoms with Gasteiger partial charge in [0, 0.05) is 10.8 Å². The lowest BCUT2D eigenvalue weighted by atomic mass is 10.2. The summed E-state index contributed by atoms with van der Waals surface area (Å²) in [4.78, 5) is 12.3. The number of amides is 1. The Labute approximate surface area is 205 Å². The van der Waals surface area contributed by atoms with Crippen LogP contribution < -0.4 is 10.1 Å². The van der Waals surface area contributed by atoms with Gasteiger partial charge in [-0.25, -0.2) is 0 Å². The van der Waals surface area contributed by atoms with Crippen molar-refractivity contribution in [3.05, 3.63) is 100 Å². The third-order valence-electron chi connectivity index (χ3n) is 4.62. The first-order valence-electron chi connectivity index (χ1n) is 10.1. The van der Waals surface area contributed by atoms with Gasteiger partial charge in [0.1, 0.15) is 5.75 Å². The van der Waals surface area contributed by atoms with Crippen molar-refractivity contribution in [2.45, 2.75) is 17.5 Å². The number of carbonyl (C=O) groups is 1. The van der Waals surface area contributed by atoms with Crippen molar-refractivity contribution in [2.75, 3.05) is 6.61 Å². The zero-order chi connectivity index (χ0) is 23.0. The van der Waals surface area contributed by atoms with Gasteiger partial charge in [0.05, 0.1) is 17.3 Å². The average Bonchev–Trinajstić information content (AvgIpc) is 3.25. The van der Waals surface area contributed by atoms with Crippen molar-refractivity contribution in [3.63, 3.8) is 0 Å². The molecule has 4 aromatic rings. The zero-order valence-electron chi connectivity index (χ0n) is 17.4. The van der Waals surface area contributed by atoms with E-state index in [1.165, 1.54) is 11.8 Å². The maximum absolute atomic E-state index is 12.3. The first-order chi connectivity index (χ1) is 16.1. The molecule has 0 unspecified atom stereocenters. The van der Waals surface area contributed by atoms with Crippen LogP contribution in [0.2, 0.25) is 10.0 Å². The van der Waals surface area contributed by atoms with Crippen molar-refractivity contribution in [1.82, 2.24) is 20.1 Å². The first kappa shape index (κ1) is 23.2. The van der Waals surface area contributed by atoms with Crippen LogP contribution in [-0.2, 0) is 17.1 Å². The summed E-state index contributed by atoms with van der Waals surface area (Å²) in [6.45, 7) is 0.0460. The molecule has 9 heteroatoms. The highest BCUT2D eigenvalue weighted by atomic mass is 35.5. The standard InChI is InChI=1S/C24H20Cl2N4O2S/c25-18-11-12-20(26)21(13-18)30-22(14-27-23(31)15-32-19-9-5-2-6-10-19)28-29-24(30)33-16-17-7-3-1-4-8-17/h1-13H,14-16H2,(H,27,31). The monoisotopic (exact) mass is 498 g/mol. The van der Waals surface area contributed by atoms with Crippen LogP contribution in [0.3, 0.4) is 0 Å². The zero-order valence-corrected chi connectivity index (χ0v) is 19.8. The van der Waals surface area contributed by atoms with E-state index >= 15 is 0 Å². The molecule has 33 heavy (non-hydrogen) atoms. The highest BCUT2D eigenvalue weighted by Gasteiger charge is 2.18. The number of para-hydroxylation sites is 1. The summed E-state index contributed by atoms with van der Waals surface area (Å²) in [5.74, 6) is 1.59. The highest BCUT2D eigenvalue weighted by Crippen LogP contribution is 2.30. The van der Waals surface area contributed by atoms with E-state index in [0.717, 1.165) is 5.56 Å². The molecule has 0 aliphatic rings. The molecule has 0 bridgehead atoms. The van der Waals surface area contributed by atoms with E-state index < -0.39 is 0 Å². The minimum absolute atomic E-state index is 0.105. The summed E-state index contributed by atoms with van der Waals surface area (Å²) >= 11 is 14.2. The van der Waals surface area contributed by atoms with Gasteiger partial charge in [-0.2, -0.15) is 0 Å². The van der Waals surface area contributed by atoms with Crippen molar-refractivity contribution in [3.8, 4) is 11.4 Å². The number of halogens is 2. The Bertz CT molecular complexity index is 1220. The molecular weight excluding hydrogens is 479 g/mol. The Balaban J connectivity index is 1.51.